The van der Waals surface area contributed by atoms with Crippen LogP contribution in [0.4, 0.5) is 11.4 Å². The van der Waals surface area contributed by atoms with Gasteiger partial charge in [0.2, 0.25) is 5.91 Å². The highest BCUT2D eigenvalue weighted by atomic mass is 16.5. The van der Waals surface area contributed by atoms with Gasteiger partial charge in [0.1, 0.15) is 24.7 Å². The van der Waals surface area contributed by atoms with Crippen LogP contribution < -0.4 is 20.1 Å². The molecule has 0 unspecified atom stereocenters. The zero-order valence-corrected chi connectivity index (χ0v) is 17.7. The predicted octanol–water partition coefficient (Wildman–Crippen LogP) is 4.73. The second kappa shape index (κ2) is 12.2. The number of hydrogen-bond donors (Lipinski definition) is 2. The normalized spacial score (nSPS) is 10.4. The number of benzene rings is 3. The quantitative estimate of drug-likeness (QED) is 0.415. The molecule has 0 spiro atoms. The van der Waals surface area contributed by atoms with Gasteiger partial charge in [-0.25, -0.2) is 0 Å². The summed E-state index contributed by atoms with van der Waals surface area (Å²) in [6.45, 7) is 4.05. The maximum atomic E-state index is 12.5. The van der Waals surface area contributed by atoms with Crippen molar-refractivity contribution in [3.05, 3.63) is 84.4 Å². The Labute approximate surface area is 183 Å². The molecule has 2 N–H and O–H groups in total. The van der Waals surface area contributed by atoms with E-state index in [4.69, 9.17) is 14.2 Å². The van der Waals surface area contributed by atoms with Crippen molar-refractivity contribution in [3.8, 4) is 11.5 Å². The number of ether oxygens (including phenoxy) is 3. The van der Waals surface area contributed by atoms with E-state index in [1.807, 2.05) is 85.8 Å². The lowest BCUT2D eigenvalue weighted by molar-refractivity contribution is -0.114. The van der Waals surface area contributed by atoms with Gasteiger partial charge in [-0.3, -0.25) is 4.79 Å². The van der Waals surface area contributed by atoms with Gasteiger partial charge in [0.05, 0.1) is 24.5 Å². The van der Waals surface area contributed by atoms with Gasteiger partial charge < -0.3 is 24.8 Å². The maximum Gasteiger partial charge on any atom is 0.243 e. The highest BCUT2D eigenvalue weighted by Crippen LogP contribution is 2.26. The van der Waals surface area contributed by atoms with Crippen LogP contribution in [0.5, 0.6) is 11.5 Å². The number of para-hydroxylation sites is 4. The second-order valence-electron chi connectivity index (χ2n) is 6.71. The highest BCUT2D eigenvalue weighted by molar-refractivity contribution is 5.95. The molecule has 0 aliphatic rings. The fourth-order valence-corrected chi connectivity index (χ4v) is 2.89. The van der Waals surface area contributed by atoms with E-state index in [1.165, 1.54) is 0 Å². The third kappa shape index (κ3) is 7.35. The van der Waals surface area contributed by atoms with Crippen LogP contribution in [0.2, 0.25) is 0 Å². The van der Waals surface area contributed by atoms with Crippen molar-refractivity contribution in [2.24, 2.45) is 0 Å². The summed E-state index contributed by atoms with van der Waals surface area (Å²) < 4.78 is 16.9. The van der Waals surface area contributed by atoms with Gasteiger partial charge >= 0.3 is 0 Å². The molecule has 162 valence electrons. The molecular formula is C25H28N2O4. The van der Waals surface area contributed by atoms with Gasteiger partial charge in [0.15, 0.2) is 0 Å². The third-order valence-electron chi connectivity index (χ3n) is 4.41. The van der Waals surface area contributed by atoms with Gasteiger partial charge in [-0.15, -0.1) is 0 Å². The van der Waals surface area contributed by atoms with Crippen molar-refractivity contribution in [2.75, 3.05) is 37.0 Å². The Hall–Kier alpha value is -3.51. The fourth-order valence-electron chi connectivity index (χ4n) is 2.89. The average molecular weight is 421 g/mol. The lowest BCUT2D eigenvalue weighted by Gasteiger charge is -2.15. The smallest absolute Gasteiger partial charge is 0.243 e. The van der Waals surface area contributed by atoms with Crippen LogP contribution >= 0.6 is 0 Å². The molecule has 0 saturated heterocycles. The number of carbonyl (C=O) groups excluding carboxylic acids is 1. The first-order valence-corrected chi connectivity index (χ1v) is 10.4. The summed E-state index contributed by atoms with van der Waals surface area (Å²) >= 11 is 0. The van der Waals surface area contributed by atoms with Crippen molar-refractivity contribution in [3.63, 3.8) is 0 Å². The maximum absolute atomic E-state index is 12.5. The Morgan fingerprint density at radius 3 is 2.16 bits per heavy atom. The summed E-state index contributed by atoms with van der Waals surface area (Å²) in [7, 11) is 0. The molecule has 3 aromatic rings. The van der Waals surface area contributed by atoms with E-state index >= 15 is 0 Å². The van der Waals surface area contributed by atoms with Crippen molar-refractivity contribution in [1.82, 2.24) is 0 Å². The van der Waals surface area contributed by atoms with E-state index in [-0.39, 0.29) is 12.5 Å². The number of carbonyl (C=O) groups is 1. The molecule has 0 aliphatic carbocycles. The van der Waals surface area contributed by atoms with Crippen molar-refractivity contribution >= 4 is 17.3 Å². The van der Waals surface area contributed by atoms with Crippen molar-refractivity contribution in [1.29, 1.82) is 0 Å². The Morgan fingerprint density at radius 1 is 0.774 bits per heavy atom. The SMILES string of the molecule is CCOCCOc1ccccc1NC(=O)CNc1ccccc1OCc1ccccc1. The van der Waals surface area contributed by atoms with Crippen molar-refractivity contribution in [2.45, 2.75) is 13.5 Å². The van der Waals surface area contributed by atoms with Gasteiger partial charge in [-0.2, -0.15) is 0 Å². The molecule has 0 saturated carbocycles. The Kier molecular flexibility index (Phi) is 8.76. The summed E-state index contributed by atoms with van der Waals surface area (Å²) in [4.78, 5) is 12.5. The van der Waals surface area contributed by atoms with Gasteiger partial charge in [-0.05, 0) is 36.8 Å². The van der Waals surface area contributed by atoms with E-state index < -0.39 is 0 Å². The highest BCUT2D eigenvalue weighted by Gasteiger charge is 2.09. The minimum Gasteiger partial charge on any atom is -0.489 e. The van der Waals surface area contributed by atoms with Crippen molar-refractivity contribution < 1.29 is 19.0 Å². The zero-order chi connectivity index (χ0) is 21.7. The number of rotatable bonds is 12. The monoisotopic (exact) mass is 420 g/mol. The third-order valence-corrected chi connectivity index (χ3v) is 4.41. The zero-order valence-electron chi connectivity index (χ0n) is 17.7. The molecule has 1 amide bonds. The van der Waals surface area contributed by atoms with Gasteiger partial charge in [-0.1, -0.05) is 54.6 Å². The first kappa shape index (κ1) is 22.2. The molecule has 6 heteroatoms. The summed E-state index contributed by atoms with van der Waals surface area (Å²) in [5.41, 5.74) is 2.46. The number of amides is 1. The van der Waals surface area contributed by atoms with Crippen LogP contribution in [0.15, 0.2) is 78.9 Å². The molecule has 0 aromatic heterocycles. The van der Waals surface area contributed by atoms with Crippen LogP contribution in [-0.4, -0.2) is 32.3 Å². The predicted molar refractivity (Wildman–Crippen MR) is 123 cm³/mol. The molecule has 0 heterocycles. The van der Waals surface area contributed by atoms with Gasteiger partial charge in [0, 0.05) is 6.61 Å². The van der Waals surface area contributed by atoms with Crippen LogP contribution in [0.1, 0.15) is 12.5 Å². The summed E-state index contributed by atoms with van der Waals surface area (Å²) in [5, 5.41) is 6.04. The lowest BCUT2D eigenvalue weighted by Crippen LogP contribution is -2.22. The van der Waals surface area contributed by atoms with Crippen LogP contribution in [0.25, 0.3) is 0 Å². The standard InChI is InChI=1S/C25H28N2O4/c1-2-29-16-17-30-24-15-9-7-13-22(24)27-25(28)18-26-21-12-6-8-14-23(21)31-19-20-10-4-3-5-11-20/h3-15,26H,2,16-19H2,1H3,(H,27,28). The number of hydrogen-bond acceptors (Lipinski definition) is 5. The topological polar surface area (TPSA) is 68.8 Å². The van der Waals surface area contributed by atoms with E-state index in [0.717, 1.165) is 11.3 Å². The molecular weight excluding hydrogens is 392 g/mol. The molecule has 0 radical (unpaired) electrons. The Bertz CT molecular complexity index is 947. The summed E-state index contributed by atoms with van der Waals surface area (Å²) in [5.74, 6) is 1.12. The van der Waals surface area contributed by atoms with E-state index in [2.05, 4.69) is 10.6 Å². The minimum atomic E-state index is -0.182. The van der Waals surface area contributed by atoms with Gasteiger partial charge in [0.25, 0.3) is 0 Å². The molecule has 0 aliphatic heterocycles. The first-order valence-electron chi connectivity index (χ1n) is 10.4. The second-order valence-corrected chi connectivity index (χ2v) is 6.71. The number of anilines is 2. The van der Waals surface area contributed by atoms with E-state index in [0.29, 0.717) is 43.6 Å². The lowest BCUT2D eigenvalue weighted by atomic mass is 10.2. The number of nitrogens with one attached hydrogen (secondary N) is 2. The van der Waals surface area contributed by atoms with E-state index in [1.54, 1.807) is 0 Å². The largest absolute Gasteiger partial charge is 0.489 e. The molecule has 3 aromatic carbocycles. The minimum absolute atomic E-state index is 0.0962. The molecule has 0 bridgehead atoms. The average Bonchev–Trinajstić information content (AvgIpc) is 2.81. The Morgan fingerprint density at radius 2 is 1.42 bits per heavy atom. The van der Waals surface area contributed by atoms with Crippen LogP contribution in [0.3, 0.4) is 0 Å². The molecule has 0 fully saturated rings. The fraction of sp³-hybridized carbons (Fsp3) is 0.240. The molecule has 6 nitrogen and oxygen atoms in total. The summed E-state index contributed by atoms with van der Waals surface area (Å²) in [6.07, 6.45) is 0. The molecule has 0 atom stereocenters. The van der Waals surface area contributed by atoms with Crippen LogP contribution in [-0.2, 0) is 16.1 Å². The first-order chi connectivity index (χ1) is 15.3. The molecule has 3 rings (SSSR count). The Balaban J connectivity index is 1.53. The van der Waals surface area contributed by atoms with Crippen LogP contribution in [0, 0.1) is 0 Å². The van der Waals surface area contributed by atoms with E-state index in [9.17, 15) is 4.79 Å². The molecule has 31 heavy (non-hydrogen) atoms. The summed E-state index contributed by atoms with van der Waals surface area (Å²) in [6, 6.07) is 24.9.